The van der Waals surface area contributed by atoms with Gasteiger partial charge >= 0.3 is 6.18 Å². The number of alkyl halides is 3. The summed E-state index contributed by atoms with van der Waals surface area (Å²) in [7, 11) is 0. The molecule has 1 fully saturated rings. The van der Waals surface area contributed by atoms with Crippen molar-refractivity contribution in [3.05, 3.63) is 23.9 Å². The maximum atomic E-state index is 12.8. The highest BCUT2D eigenvalue weighted by Gasteiger charge is 2.44. The van der Waals surface area contributed by atoms with Crippen LogP contribution in [0.4, 0.5) is 13.2 Å². The van der Waals surface area contributed by atoms with Crippen LogP contribution in [0, 0.1) is 5.92 Å². The third kappa shape index (κ3) is 4.37. The van der Waals surface area contributed by atoms with Crippen LogP contribution in [0.2, 0.25) is 0 Å². The molecule has 0 aromatic carbocycles. The Bertz CT molecular complexity index is 552. The standard InChI is InChI=1S/C16H22F3NO4/c1-8(2)7-10-15(14(22)13(21)9(3)23-10)24-12-6-4-5-11(20-12)16(17,18)19/h4-6,8-10,13-15,21-22H,7H2,1-3H3/t9-,10-,13+,14+,15+/m1/s1. The van der Waals surface area contributed by atoms with E-state index in [0.717, 1.165) is 6.07 Å². The Morgan fingerprint density at radius 3 is 2.50 bits per heavy atom. The van der Waals surface area contributed by atoms with E-state index in [2.05, 4.69) is 4.98 Å². The summed E-state index contributed by atoms with van der Waals surface area (Å²) in [6.07, 6.45) is -8.70. The Kier molecular flexibility index (Phi) is 5.72. The summed E-state index contributed by atoms with van der Waals surface area (Å²) in [4.78, 5) is 3.43. The molecule has 0 saturated carbocycles. The van der Waals surface area contributed by atoms with Crippen LogP contribution in [0.25, 0.3) is 0 Å². The van der Waals surface area contributed by atoms with Gasteiger partial charge in [-0.1, -0.05) is 19.9 Å². The molecule has 8 heteroatoms. The predicted octanol–water partition coefficient (Wildman–Crippen LogP) is 2.40. The highest BCUT2D eigenvalue weighted by Crippen LogP contribution is 2.31. The molecule has 2 rings (SSSR count). The molecule has 1 aliphatic rings. The number of ether oxygens (including phenoxy) is 2. The predicted molar refractivity (Wildman–Crippen MR) is 79.5 cm³/mol. The van der Waals surface area contributed by atoms with Crippen LogP contribution in [0.1, 0.15) is 32.9 Å². The lowest BCUT2D eigenvalue weighted by atomic mass is 9.91. The van der Waals surface area contributed by atoms with Gasteiger partial charge in [0.15, 0.2) is 6.10 Å². The van der Waals surface area contributed by atoms with Crippen molar-refractivity contribution >= 4 is 0 Å². The first kappa shape index (κ1) is 19.0. The van der Waals surface area contributed by atoms with Crippen molar-refractivity contribution < 1.29 is 32.9 Å². The van der Waals surface area contributed by atoms with E-state index in [1.54, 1.807) is 6.92 Å². The van der Waals surface area contributed by atoms with E-state index in [1.807, 2.05) is 13.8 Å². The zero-order chi connectivity index (χ0) is 18.1. The van der Waals surface area contributed by atoms with E-state index in [9.17, 15) is 23.4 Å². The van der Waals surface area contributed by atoms with Crippen LogP contribution in [-0.2, 0) is 10.9 Å². The summed E-state index contributed by atoms with van der Waals surface area (Å²) in [5.74, 6) is -0.0572. The first-order chi connectivity index (χ1) is 11.1. The number of aromatic nitrogens is 1. The molecule has 1 aromatic heterocycles. The lowest BCUT2D eigenvalue weighted by Crippen LogP contribution is -2.59. The molecule has 24 heavy (non-hydrogen) atoms. The zero-order valence-corrected chi connectivity index (χ0v) is 13.7. The first-order valence-corrected chi connectivity index (χ1v) is 7.82. The smallest absolute Gasteiger partial charge is 0.433 e. The summed E-state index contributed by atoms with van der Waals surface area (Å²) in [5.41, 5.74) is -1.08. The molecule has 5 atom stereocenters. The average molecular weight is 349 g/mol. The molecule has 0 spiro atoms. The number of aliphatic hydroxyl groups is 2. The molecule has 0 radical (unpaired) electrons. The highest BCUT2D eigenvalue weighted by atomic mass is 19.4. The van der Waals surface area contributed by atoms with E-state index >= 15 is 0 Å². The minimum Gasteiger partial charge on any atom is -0.469 e. The zero-order valence-electron chi connectivity index (χ0n) is 13.7. The van der Waals surface area contributed by atoms with E-state index in [0.29, 0.717) is 6.42 Å². The molecule has 1 saturated heterocycles. The van der Waals surface area contributed by atoms with Crippen LogP contribution in [0.15, 0.2) is 18.2 Å². The summed E-state index contributed by atoms with van der Waals surface area (Å²) in [5, 5.41) is 20.3. The van der Waals surface area contributed by atoms with Gasteiger partial charge in [0.25, 0.3) is 0 Å². The molecule has 0 amide bonds. The molecular weight excluding hydrogens is 327 g/mol. The van der Waals surface area contributed by atoms with E-state index in [4.69, 9.17) is 9.47 Å². The van der Waals surface area contributed by atoms with Crippen LogP contribution in [-0.4, -0.2) is 45.7 Å². The Labute approximate surface area is 138 Å². The van der Waals surface area contributed by atoms with Crippen molar-refractivity contribution in [2.24, 2.45) is 5.92 Å². The summed E-state index contributed by atoms with van der Waals surface area (Å²) in [6.45, 7) is 5.52. The lowest BCUT2D eigenvalue weighted by Gasteiger charge is -2.42. The minimum atomic E-state index is -4.59. The van der Waals surface area contributed by atoms with Crippen LogP contribution in [0.5, 0.6) is 5.88 Å². The largest absolute Gasteiger partial charge is 0.469 e. The molecule has 5 nitrogen and oxygen atoms in total. The second-order valence-electron chi connectivity index (χ2n) is 6.43. The van der Waals surface area contributed by atoms with Gasteiger partial charge in [-0.15, -0.1) is 0 Å². The molecule has 136 valence electrons. The van der Waals surface area contributed by atoms with Gasteiger partial charge in [-0.05, 0) is 25.3 Å². The number of nitrogens with zero attached hydrogens (tertiary/aromatic N) is 1. The second kappa shape index (κ2) is 7.25. The van der Waals surface area contributed by atoms with E-state index < -0.39 is 42.4 Å². The molecule has 1 aromatic rings. The van der Waals surface area contributed by atoms with Crippen molar-refractivity contribution in [2.45, 2.75) is 63.9 Å². The fourth-order valence-electron chi connectivity index (χ4n) is 2.70. The van der Waals surface area contributed by atoms with Gasteiger partial charge in [0.2, 0.25) is 5.88 Å². The summed E-state index contributed by atoms with van der Waals surface area (Å²) < 4.78 is 49.4. The summed E-state index contributed by atoms with van der Waals surface area (Å²) >= 11 is 0. The minimum absolute atomic E-state index is 0.213. The molecule has 0 aliphatic carbocycles. The number of halogens is 3. The van der Waals surface area contributed by atoms with Gasteiger partial charge in [0.1, 0.15) is 17.9 Å². The van der Waals surface area contributed by atoms with Crippen molar-refractivity contribution in [3.8, 4) is 5.88 Å². The van der Waals surface area contributed by atoms with E-state index in [1.165, 1.54) is 12.1 Å². The highest BCUT2D eigenvalue weighted by molar-refractivity contribution is 5.18. The number of aliphatic hydroxyl groups excluding tert-OH is 2. The van der Waals surface area contributed by atoms with Gasteiger partial charge in [0, 0.05) is 6.07 Å². The molecule has 0 unspecified atom stereocenters. The SMILES string of the molecule is CC(C)C[C@H]1O[C@H](C)[C@H](O)[C@H](O)[C@H]1Oc1cccc(C(F)(F)F)n1. The van der Waals surface area contributed by atoms with Crippen molar-refractivity contribution in [1.82, 2.24) is 4.98 Å². The van der Waals surface area contributed by atoms with Gasteiger partial charge in [-0.25, -0.2) is 4.98 Å². The lowest BCUT2D eigenvalue weighted by molar-refractivity contribution is -0.213. The van der Waals surface area contributed by atoms with Crippen LogP contribution < -0.4 is 4.74 Å². The molecule has 0 bridgehead atoms. The Balaban J connectivity index is 2.23. The van der Waals surface area contributed by atoms with Crippen LogP contribution >= 0.6 is 0 Å². The Hall–Kier alpha value is -1.38. The second-order valence-corrected chi connectivity index (χ2v) is 6.43. The normalized spacial score (nSPS) is 31.3. The Morgan fingerprint density at radius 2 is 1.92 bits per heavy atom. The molecule has 2 heterocycles. The molecular formula is C16H22F3NO4. The third-order valence-corrected chi connectivity index (χ3v) is 3.90. The van der Waals surface area contributed by atoms with Crippen molar-refractivity contribution in [3.63, 3.8) is 0 Å². The molecule has 1 aliphatic heterocycles. The topological polar surface area (TPSA) is 71.8 Å². The fourth-order valence-corrected chi connectivity index (χ4v) is 2.70. The van der Waals surface area contributed by atoms with Crippen molar-refractivity contribution in [2.75, 3.05) is 0 Å². The molecule has 2 N–H and O–H groups in total. The number of hydrogen-bond acceptors (Lipinski definition) is 5. The number of rotatable bonds is 4. The first-order valence-electron chi connectivity index (χ1n) is 7.82. The van der Waals surface area contributed by atoms with Gasteiger partial charge in [-0.3, -0.25) is 0 Å². The number of hydrogen-bond donors (Lipinski definition) is 2. The number of pyridine rings is 1. The van der Waals surface area contributed by atoms with Crippen LogP contribution in [0.3, 0.4) is 0 Å². The monoisotopic (exact) mass is 349 g/mol. The maximum Gasteiger partial charge on any atom is 0.433 e. The Morgan fingerprint density at radius 1 is 1.25 bits per heavy atom. The third-order valence-electron chi connectivity index (χ3n) is 3.90. The fraction of sp³-hybridized carbons (Fsp3) is 0.688. The van der Waals surface area contributed by atoms with Gasteiger partial charge in [0.05, 0.1) is 12.2 Å². The van der Waals surface area contributed by atoms with Gasteiger partial charge < -0.3 is 19.7 Å². The van der Waals surface area contributed by atoms with Gasteiger partial charge in [-0.2, -0.15) is 13.2 Å². The average Bonchev–Trinajstić information content (AvgIpc) is 2.48. The maximum absolute atomic E-state index is 12.8. The summed E-state index contributed by atoms with van der Waals surface area (Å²) in [6, 6.07) is 3.29. The quantitative estimate of drug-likeness (QED) is 0.873. The van der Waals surface area contributed by atoms with E-state index in [-0.39, 0.29) is 11.8 Å². The van der Waals surface area contributed by atoms with Crippen molar-refractivity contribution in [1.29, 1.82) is 0 Å².